The summed E-state index contributed by atoms with van der Waals surface area (Å²) in [5.74, 6) is -2.95. The van der Waals surface area contributed by atoms with Gasteiger partial charge in [0.1, 0.15) is 11.4 Å². The Kier molecular flexibility index (Phi) is 5.38. The molecule has 158 valence electrons. The van der Waals surface area contributed by atoms with Crippen LogP contribution >= 0.6 is 0 Å². The lowest BCUT2D eigenvalue weighted by molar-refractivity contribution is -0.0555. The van der Waals surface area contributed by atoms with Gasteiger partial charge in [-0.1, -0.05) is 6.07 Å². The molecule has 0 amide bonds. The summed E-state index contributed by atoms with van der Waals surface area (Å²) in [4.78, 5) is 18.0. The smallest absolute Gasteiger partial charge is 0.341 e. The summed E-state index contributed by atoms with van der Waals surface area (Å²) in [6.45, 7) is 2.13. The maximum Gasteiger partial charge on any atom is 0.341 e. The Morgan fingerprint density at radius 1 is 1.20 bits per heavy atom. The van der Waals surface area contributed by atoms with Crippen LogP contribution in [0.15, 0.2) is 36.7 Å². The summed E-state index contributed by atoms with van der Waals surface area (Å²) in [5, 5.41) is 5.50. The molecule has 0 spiro atoms. The number of likely N-dealkylation sites (tertiary alicyclic amines) is 1. The number of piperidine rings is 1. The van der Waals surface area contributed by atoms with E-state index >= 15 is 0 Å². The lowest BCUT2D eigenvalue weighted by atomic mass is 10.0. The minimum atomic E-state index is -2.53. The molecule has 0 unspecified atom stereocenters. The third-order valence-electron chi connectivity index (χ3n) is 5.44. The molecule has 3 aromatic rings. The van der Waals surface area contributed by atoms with E-state index in [4.69, 9.17) is 10.5 Å². The molecule has 0 radical (unpaired) electrons. The number of ether oxygens (including phenoxy) is 1. The molecule has 1 saturated heterocycles. The Bertz CT molecular complexity index is 1070. The van der Waals surface area contributed by atoms with Crippen molar-refractivity contribution in [3.8, 4) is 11.1 Å². The molecule has 7 nitrogen and oxygen atoms in total. The zero-order chi connectivity index (χ0) is 21.3. The number of carbonyl (C=O) groups excluding carboxylic acids is 1. The summed E-state index contributed by atoms with van der Waals surface area (Å²) in [6, 6.07) is 7.43. The predicted octanol–water partition coefficient (Wildman–Crippen LogP) is 3.20. The molecular weight excluding hydrogens is 392 g/mol. The van der Waals surface area contributed by atoms with Crippen LogP contribution in [0.1, 0.15) is 23.2 Å². The summed E-state index contributed by atoms with van der Waals surface area (Å²) in [7, 11) is 1.30. The van der Waals surface area contributed by atoms with Crippen LogP contribution in [0.5, 0.6) is 0 Å². The molecule has 2 aromatic heterocycles. The van der Waals surface area contributed by atoms with E-state index in [1.165, 1.54) is 7.11 Å². The van der Waals surface area contributed by atoms with Gasteiger partial charge in [-0.05, 0) is 23.8 Å². The van der Waals surface area contributed by atoms with Crippen LogP contribution in [0.2, 0.25) is 0 Å². The Morgan fingerprint density at radius 2 is 1.97 bits per heavy atom. The van der Waals surface area contributed by atoms with E-state index in [0.29, 0.717) is 26.2 Å². The first-order chi connectivity index (χ1) is 14.3. The van der Waals surface area contributed by atoms with Crippen LogP contribution in [-0.2, 0) is 11.3 Å². The number of aromatic nitrogens is 3. The Labute approximate surface area is 172 Å². The molecule has 1 aromatic carbocycles. The van der Waals surface area contributed by atoms with E-state index in [0.717, 1.165) is 22.0 Å². The topological polar surface area (TPSA) is 86.3 Å². The summed E-state index contributed by atoms with van der Waals surface area (Å²) >= 11 is 0. The number of methoxy groups -OCH3 is 1. The van der Waals surface area contributed by atoms with E-state index in [1.807, 2.05) is 34.0 Å². The average molecular weight is 415 g/mol. The van der Waals surface area contributed by atoms with Gasteiger partial charge in [-0.3, -0.25) is 4.68 Å². The number of rotatable bonds is 5. The monoisotopic (exact) mass is 415 g/mol. The van der Waals surface area contributed by atoms with Gasteiger partial charge in [0.05, 0.1) is 19.2 Å². The lowest BCUT2D eigenvalue weighted by Crippen LogP contribution is -2.40. The molecule has 1 fully saturated rings. The SMILES string of the molecule is COC(=O)c1cc(-c2ccc3nn(CCN4CCC(F)(F)CC4)cc3c2)cnc1N. The number of hydrogen-bond acceptors (Lipinski definition) is 6. The standard InChI is InChI=1S/C21H23F2N5O2/c1-30-20(29)17-11-15(12-25-19(17)24)14-2-3-18-16(10-14)13-28(26-18)9-8-27-6-4-21(22,23)5-7-27/h2-3,10-13H,4-9H2,1H3,(H2,24,25). The van der Waals surface area contributed by atoms with Crippen LogP contribution in [0.3, 0.4) is 0 Å². The summed E-state index contributed by atoms with van der Waals surface area (Å²) in [6.07, 6.45) is 3.38. The normalized spacial score (nSPS) is 16.6. The van der Waals surface area contributed by atoms with Crippen molar-refractivity contribution in [2.75, 3.05) is 32.5 Å². The maximum atomic E-state index is 13.3. The zero-order valence-electron chi connectivity index (χ0n) is 16.6. The Morgan fingerprint density at radius 3 is 2.70 bits per heavy atom. The second-order valence-electron chi connectivity index (χ2n) is 7.51. The molecule has 30 heavy (non-hydrogen) atoms. The number of pyridine rings is 1. The number of anilines is 1. The van der Waals surface area contributed by atoms with Crippen molar-refractivity contribution in [3.05, 3.63) is 42.2 Å². The lowest BCUT2D eigenvalue weighted by Gasteiger charge is -2.31. The van der Waals surface area contributed by atoms with Gasteiger partial charge in [0.25, 0.3) is 5.92 Å². The van der Waals surface area contributed by atoms with Gasteiger partial charge in [-0.2, -0.15) is 5.10 Å². The zero-order valence-corrected chi connectivity index (χ0v) is 16.6. The van der Waals surface area contributed by atoms with Gasteiger partial charge in [0, 0.05) is 55.8 Å². The third kappa shape index (κ3) is 4.25. The highest BCUT2D eigenvalue weighted by Crippen LogP contribution is 2.28. The summed E-state index contributed by atoms with van der Waals surface area (Å²) in [5.41, 5.74) is 8.45. The van der Waals surface area contributed by atoms with Gasteiger partial charge >= 0.3 is 5.97 Å². The van der Waals surface area contributed by atoms with Crippen LogP contribution in [-0.4, -0.2) is 58.3 Å². The highest BCUT2D eigenvalue weighted by molar-refractivity contribution is 5.95. The van der Waals surface area contributed by atoms with Crippen LogP contribution in [0.25, 0.3) is 22.0 Å². The Balaban J connectivity index is 1.50. The van der Waals surface area contributed by atoms with Gasteiger partial charge < -0.3 is 15.4 Å². The molecule has 0 saturated carbocycles. The number of halogens is 2. The molecular formula is C21H23F2N5O2. The highest BCUT2D eigenvalue weighted by Gasteiger charge is 2.33. The molecule has 0 atom stereocenters. The van der Waals surface area contributed by atoms with E-state index in [9.17, 15) is 13.6 Å². The average Bonchev–Trinajstić information content (AvgIpc) is 3.15. The number of carbonyl (C=O) groups is 1. The minimum absolute atomic E-state index is 0.0827. The van der Waals surface area contributed by atoms with Gasteiger partial charge in [0.15, 0.2) is 0 Å². The molecule has 1 aliphatic rings. The fourth-order valence-corrected chi connectivity index (χ4v) is 3.63. The van der Waals surface area contributed by atoms with E-state index < -0.39 is 11.9 Å². The fourth-order valence-electron chi connectivity index (χ4n) is 3.63. The first-order valence-corrected chi connectivity index (χ1v) is 9.76. The Hall–Kier alpha value is -3.07. The first-order valence-electron chi connectivity index (χ1n) is 9.76. The highest BCUT2D eigenvalue weighted by atomic mass is 19.3. The van der Waals surface area contributed by atoms with Crippen LogP contribution < -0.4 is 5.73 Å². The predicted molar refractivity (Wildman–Crippen MR) is 109 cm³/mol. The van der Waals surface area contributed by atoms with E-state index in [1.54, 1.807) is 12.3 Å². The number of hydrogen-bond donors (Lipinski definition) is 1. The van der Waals surface area contributed by atoms with Crippen molar-refractivity contribution in [1.29, 1.82) is 0 Å². The molecule has 2 N–H and O–H groups in total. The van der Waals surface area contributed by atoms with Crippen molar-refractivity contribution in [2.45, 2.75) is 25.3 Å². The second kappa shape index (κ2) is 7.98. The number of alkyl halides is 2. The van der Waals surface area contributed by atoms with Gasteiger partial charge in [-0.25, -0.2) is 18.6 Å². The van der Waals surface area contributed by atoms with Crippen LogP contribution in [0, 0.1) is 0 Å². The molecule has 1 aliphatic heterocycles. The number of benzene rings is 1. The number of esters is 1. The summed E-state index contributed by atoms with van der Waals surface area (Å²) < 4.78 is 33.2. The number of nitrogen functional groups attached to an aromatic ring is 1. The van der Waals surface area contributed by atoms with Crippen molar-refractivity contribution in [1.82, 2.24) is 19.7 Å². The largest absolute Gasteiger partial charge is 0.465 e. The first kappa shape index (κ1) is 20.2. The fraction of sp³-hybridized carbons (Fsp3) is 0.381. The number of nitrogens with zero attached hydrogens (tertiary/aromatic N) is 4. The van der Waals surface area contributed by atoms with Crippen molar-refractivity contribution in [3.63, 3.8) is 0 Å². The van der Waals surface area contributed by atoms with Crippen LogP contribution in [0.4, 0.5) is 14.6 Å². The van der Waals surface area contributed by atoms with Gasteiger partial charge in [-0.15, -0.1) is 0 Å². The third-order valence-corrected chi connectivity index (χ3v) is 5.44. The van der Waals surface area contributed by atoms with Gasteiger partial charge in [0.2, 0.25) is 0 Å². The molecule has 0 aliphatic carbocycles. The number of fused-ring (bicyclic) bond motifs is 1. The van der Waals surface area contributed by atoms with Crippen molar-refractivity contribution < 1.29 is 18.3 Å². The second-order valence-corrected chi connectivity index (χ2v) is 7.51. The molecule has 4 rings (SSSR count). The molecule has 3 heterocycles. The van der Waals surface area contributed by atoms with E-state index in [2.05, 4.69) is 10.1 Å². The minimum Gasteiger partial charge on any atom is -0.465 e. The quantitative estimate of drug-likeness (QED) is 0.644. The molecule has 9 heteroatoms. The molecule has 0 bridgehead atoms. The maximum absolute atomic E-state index is 13.3. The van der Waals surface area contributed by atoms with Crippen molar-refractivity contribution >= 4 is 22.7 Å². The van der Waals surface area contributed by atoms with Crippen molar-refractivity contribution in [2.24, 2.45) is 0 Å². The van der Waals surface area contributed by atoms with E-state index in [-0.39, 0.29) is 24.2 Å². The number of nitrogens with two attached hydrogens (primary N) is 1.